The van der Waals surface area contributed by atoms with Gasteiger partial charge in [-0.1, -0.05) is 24.3 Å². The number of carbonyl (C=O) groups is 1. The first kappa shape index (κ1) is 22.8. The van der Waals surface area contributed by atoms with Crippen molar-refractivity contribution in [1.82, 2.24) is 15.2 Å². The molecule has 0 fully saturated rings. The van der Waals surface area contributed by atoms with E-state index in [1.807, 2.05) is 32.3 Å². The Hall–Kier alpha value is -1.18. The molecule has 3 N–H and O–H groups in total. The van der Waals surface area contributed by atoms with Crippen molar-refractivity contribution in [3.63, 3.8) is 0 Å². The van der Waals surface area contributed by atoms with E-state index < -0.39 is 0 Å². The van der Waals surface area contributed by atoms with E-state index in [1.165, 1.54) is 16.9 Å². The predicted octanol–water partition coefficient (Wildman–Crippen LogP) is 2.48. The van der Waals surface area contributed by atoms with Gasteiger partial charge >= 0.3 is 0 Å². The van der Waals surface area contributed by atoms with Crippen LogP contribution in [0.25, 0.3) is 0 Å². The fourth-order valence-electron chi connectivity index (χ4n) is 2.14. The van der Waals surface area contributed by atoms with Gasteiger partial charge in [0.1, 0.15) is 5.69 Å². The van der Waals surface area contributed by atoms with Gasteiger partial charge in [-0.3, -0.25) is 4.79 Å². The summed E-state index contributed by atoms with van der Waals surface area (Å²) in [6.07, 6.45) is 0.712. The van der Waals surface area contributed by atoms with Crippen LogP contribution in [0.1, 0.15) is 26.6 Å². The van der Waals surface area contributed by atoms with Gasteiger partial charge in [-0.05, 0) is 31.8 Å². The maximum atomic E-state index is 12.2. The van der Waals surface area contributed by atoms with E-state index in [-0.39, 0.29) is 30.7 Å². The van der Waals surface area contributed by atoms with E-state index in [9.17, 15) is 4.79 Å². The number of rotatable bonds is 7. The van der Waals surface area contributed by atoms with Crippen LogP contribution in [0.3, 0.4) is 0 Å². The molecule has 24 heavy (non-hydrogen) atoms. The van der Waals surface area contributed by atoms with E-state index in [0.717, 1.165) is 17.1 Å². The Morgan fingerprint density at radius 2 is 1.92 bits per heavy atom. The number of nitrogens with two attached hydrogens (primary N) is 1. The van der Waals surface area contributed by atoms with Crippen LogP contribution in [-0.2, 0) is 19.5 Å². The van der Waals surface area contributed by atoms with Crippen molar-refractivity contribution in [2.45, 2.75) is 19.5 Å². The molecular formula is C16H24Cl2N4OS. The molecule has 0 radical (unpaired) electrons. The molecule has 1 heterocycles. The Labute approximate surface area is 159 Å². The van der Waals surface area contributed by atoms with Crippen molar-refractivity contribution in [3.8, 4) is 0 Å². The molecule has 0 saturated carbocycles. The van der Waals surface area contributed by atoms with Crippen LogP contribution in [0.5, 0.6) is 0 Å². The van der Waals surface area contributed by atoms with Crippen molar-refractivity contribution >= 4 is 42.1 Å². The topological polar surface area (TPSA) is 71.2 Å². The fourth-order valence-corrected chi connectivity index (χ4v) is 2.94. The highest BCUT2D eigenvalue weighted by Crippen LogP contribution is 2.12. The molecule has 0 aliphatic rings. The van der Waals surface area contributed by atoms with Crippen molar-refractivity contribution < 1.29 is 4.79 Å². The zero-order valence-corrected chi connectivity index (χ0v) is 16.3. The number of benzene rings is 1. The van der Waals surface area contributed by atoms with E-state index in [2.05, 4.69) is 21.3 Å². The first-order valence-corrected chi connectivity index (χ1v) is 8.12. The smallest absolute Gasteiger partial charge is 0.271 e. The summed E-state index contributed by atoms with van der Waals surface area (Å²) >= 11 is 1.48. The molecule has 1 amide bonds. The Balaban J connectivity index is 0.00000264. The first-order valence-electron chi connectivity index (χ1n) is 7.24. The molecule has 1 aromatic carbocycles. The van der Waals surface area contributed by atoms with Crippen molar-refractivity contribution in [2.75, 3.05) is 20.6 Å². The maximum absolute atomic E-state index is 12.2. The number of thiazole rings is 1. The summed E-state index contributed by atoms with van der Waals surface area (Å²) < 4.78 is 0. The van der Waals surface area contributed by atoms with Gasteiger partial charge in [-0.25, -0.2) is 4.98 Å². The standard InChI is InChI=1S/C16H22N4OS.2ClH/c1-20(2)10-13-6-4-3-5-12(13)9-18-16(21)14-11-22-15(19-14)7-8-17;;/h3-6,11H,7-10,17H2,1-2H3,(H,18,21);2*1H. The van der Waals surface area contributed by atoms with Crippen LogP contribution in [0.15, 0.2) is 29.6 Å². The summed E-state index contributed by atoms with van der Waals surface area (Å²) in [6.45, 7) is 1.91. The number of nitrogens with zero attached hydrogens (tertiary/aromatic N) is 2. The molecule has 0 aliphatic heterocycles. The number of aromatic nitrogens is 1. The van der Waals surface area contributed by atoms with Crippen molar-refractivity contribution in [1.29, 1.82) is 0 Å². The van der Waals surface area contributed by atoms with Crippen LogP contribution in [0.4, 0.5) is 0 Å². The summed E-state index contributed by atoms with van der Waals surface area (Å²) in [7, 11) is 4.06. The molecule has 0 bridgehead atoms. The molecule has 1 aromatic heterocycles. The molecule has 2 rings (SSSR count). The van der Waals surface area contributed by atoms with Crippen LogP contribution < -0.4 is 11.1 Å². The molecule has 2 aromatic rings. The second-order valence-corrected chi connectivity index (χ2v) is 6.30. The van der Waals surface area contributed by atoms with E-state index in [1.54, 1.807) is 5.38 Å². The number of hydrogen-bond donors (Lipinski definition) is 2. The predicted molar refractivity (Wildman–Crippen MR) is 104 cm³/mol. The SMILES string of the molecule is CN(C)Cc1ccccc1CNC(=O)c1csc(CCN)n1.Cl.Cl. The highest BCUT2D eigenvalue weighted by molar-refractivity contribution is 7.09. The monoisotopic (exact) mass is 390 g/mol. The molecule has 0 saturated heterocycles. The van der Waals surface area contributed by atoms with E-state index in [0.29, 0.717) is 25.2 Å². The van der Waals surface area contributed by atoms with Gasteiger partial charge in [-0.2, -0.15) is 0 Å². The third-order valence-corrected chi connectivity index (χ3v) is 4.10. The summed E-state index contributed by atoms with van der Waals surface area (Å²) in [5.41, 5.74) is 8.31. The first-order chi connectivity index (χ1) is 10.6. The molecule has 5 nitrogen and oxygen atoms in total. The average molecular weight is 391 g/mol. The lowest BCUT2D eigenvalue weighted by atomic mass is 10.1. The van der Waals surface area contributed by atoms with Gasteiger partial charge in [0.25, 0.3) is 5.91 Å². The molecule has 8 heteroatoms. The van der Waals surface area contributed by atoms with Crippen LogP contribution in [-0.4, -0.2) is 36.4 Å². The van der Waals surface area contributed by atoms with Crippen molar-refractivity contribution in [3.05, 3.63) is 51.5 Å². The maximum Gasteiger partial charge on any atom is 0.271 e. The highest BCUT2D eigenvalue weighted by atomic mass is 35.5. The van der Waals surface area contributed by atoms with Gasteiger partial charge in [-0.15, -0.1) is 36.2 Å². The average Bonchev–Trinajstić information content (AvgIpc) is 2.94. The molecule has 134 valence electrons. The minimum Gasteiger partial charge on any atom is -0.347 e. The second-order valence-electron chi connectivity index (χ2n) is 5.35. The summed E-state index contributed by atoms with van der Waals surface area (Å²) in [5.74, 6) is -0.140. The Kier molecular flexibility index (Phi) is 10.8. The normalized spacial score (nSPS) is 10.0. The van der Waals surface area contributed by atoms with Gasteiger partial charge in [0.05, 0.1) is 5.01 Å². The Bertz CT molecular complexity index is 634. The number of halogens is 2. The molecule has 0 spiro atoms. The number of hydrogen-bond acceptors (Lipinski definition) is 5. The minimum absolute atomic E-state index is 0. The third kappa shape index (κ3) is 6.75. The molecule has 0 unspecified atom stereocenters. The number of carbonyl (C=O) groups excluding carboxylic acids is 1. The molecule has 0 aliphatic carbocycles. The lowest BCUT2D eigenvalue weighted by molar-refractivity contribution is 0.0946. The zero-order chi connectivity index (χ0) is 15.9. The highest BCUT2D eigenvalue weighted by Gasteiger charge is 2.11. The number of amides is 1. The Morgan fingerprint density at radius 3 is 2.54 bits per heavy atom. The molecular weight excluding hydrogens is 367 g/mol. The minimum atomic E-state index is -0.140. The number of nitrogens with one attached hydrogen (secondary N) is 1. The quantitative estimate of drug-likeness (QED) is 0.761. The van der Waals surface area contributed by atoms with Crippen LogP contribution >= 0.6 is 36.2 Å². The lowest BCUT2D eigenvalue weighted by Gasteiger charge is -2.14. The summed E-state index contributed by atoms with van der Waals surface area (Å²) in [6, 6.07) is 8.14. The second kappa shape index (κ2) is 11.4. The third-order valence-electron chi connectivity index (χ3n) is 3.19. The Morgan fingerprint density at radius 1 is 1.25 bits per heavy atom. The van der Waals surface area contributed by atoms with Gasteiger partial charge in [0, 0.05) is 24.9 Å². The largest absolute Gasteiger partial charge is 0.347 e. The van der Waals surface area contributed by atoms with Crippen molar-refractivity contribution in [2.24, 2.45) is 5.73 Å². The van der Waals surface area contributed by atoms with Gasteiger partial charge in [0.2, 0.25) is 0 Å². The zero-order valence-electron chi connectivity index (χ0n) is 13.8. The molecule has 0 atom stereocenters. The fraction of sp³-hybridized carbons (Fsp3) is 0.375. The summed E-state index contributed by atoms with van der Waals surface area (Å²) in [5, 5.41) is 5.63. The van der Waals surface area contributed by atoms with Crippen LogP contribution in [0.2, 0.25) is 0 Å². The van der Waals surface area contributed by atoms with E-state index in [4.69, 9.17) is 5.73 Å². The van der Waals surface area contributed by atoms with Crippen LogP contribution in [0, 0.1) is 0 Å². The lowest BCUT2D eigenvalue weighted by Crippen LogP contribution is -2.24. The van der Waals surface area contributed by atoms with E-state index >= 15 is 0 Å². The summed E-state index contributed by atoms with van der Waals surface area (Å²) in [4.78, 5) is 18.6. The van der Waals surface area contributed by atoms with Gasteiger partial charge < -0.3 is 16.0 Å². The van der Waals surface area contributed by atoms with Gasteiger partial charge in [0.15, 0.2) is 0 Å².